The lowest BCUT2D eigenvalue weighted by Gasteiger charge is -1.83. The fourth-order valence-electron chi connectivity index (χ4n) is 0.890. The van der Waals surface area contributed by atoms with E-state index in [9.17, 15) is 0 Å². The minimum atomic E-state index is 0.660. The molecule has 2 heterocycles. The molecule has 0 aromatic carbocycles. The molecule has 0 saturated heterocycles. The van der Waals surface area contributed by atoms with E-state index in [1.165, 1.54) is 6.33 Å². The van der Waals surface area contributed by atoms with E-state index < -0.39 is 0 Å². The van der Waals surface area contributed by atoms with Crippen LogP contribution in [0, 0.1) is 6.92 Å². The van der Waals surface area contributed by atoms with Gasteiger partial charge in [0.25, 0.3) is 0 Å². The van der Waals surface area contributed by atoms with Gasteiger partial charge < -0.3 is 4.42 Å². The van der Waals surface area contributed by atoms with Crippen LogP contribution in [0.25, 0.3) is 11.1 Å². The normalized spacial score (nSPS) is 10.5. The number of rotatable bonds is 0. The molecule has 0 bridgehead atoms. The predicted molar refractivity (Wildman–Crippen MR) is 36.5 cm³/mol. The highest BCUT2D eigenvalue weighted by molar-refractivity contribution is 5.75. The molecule has 0 aliphatic carbocycles. The minimum Gasteiger partial charge on any atom is -0.446 e. The fourth-order valence-corrected chi connectivity index (χ4v) is 0.890. The van der Waals surface area contributed by atoms with Crippen LogP contribution in [-0.2, 0) is 0 Å². The van der Waals surface area contributed by atoms with Crippen LogP contribution < -0.4 is 0 Å². The fraction of sp³-hybridized carbons (Fsp3) is 0.143. The molecule has 0 saturated carbocycles. The maximum atomic E-state index is 5.10. The van der Waals surface area contributed by atoms with Gasteiger partial charge in [-0.1, -0.05) is 0 Å². The van der Waals surface area contributed by atoms with Crippen molar-refractivity contribution in [2.75, 3.05) is 0 Å². The molecule has 0 fully saturated rings. The van der Waals surface area contributed by atoms with E-state index in [4.69, 9.17) is 4.42 Å². The second-order valence-electron chi connectivity index (χ2n) is 2.16. The summed E-state index contributed by atoms with van der Waals surface area (Å²) in [5.74, 6) is 0. The van der Waals surface area contributed by atoms with Gasteiger partial charge in [0, 0.05) is 6.20 Å². The van der Waals surface area contributed by atoms with E-state index in [1.807, 2.05) is 6.92 Å². The summed E-state index contributed by atoms with van der Waals surface area (Å²) in [6, 6.07) is 0. The third-order valence-electron chi connectivity index (χ3n) is 1.45. The van der Waals surface area contributed by atoms with Crippen LogP contribution in [0.1, 0.15) is 5.56 Å². The lowest BCUT2D eigenvalue weighted by Crippen LogP contribution is -1.75. The Kier molecular flexibility index (Phi) is 0.974. The molecule has 2 aromatic heterocycles. The molecule has 0 N–H and O–H groups in total. The molecule has 0 unspecified atom stereocenters. The SMILES string of the molecule is Cc1coc2ncncc12. The molecule has 3 nitrogen and oxygen atoms in total. The van der Waals surface area contributed by atoms with Gasteiger partial charge in [-0.25, -0.2) is 9.97 Å². The van der Waals surface area contributed by atoms with Crippen LogP contribution in [0.3, 0.4) is 0 Å². The molecule has 0 aliphatic heterocycles. The molecule has 2 rings (SSSR count). The molecular formula is C7H6N2O. The van der Waals surface area contributed by atoms with Crippen molar-refractivity contribution in [1.29, 1.82) is 0 Å². The number of aromatic nitrogens is 2. The molecular weight excluding hydrogens is 128 g/mol. The number of nitrogens with zero attached hydrogens (tertiary/aromatic N) is 2. The van der Waals surface area contributed by atoms with Crippen LogP contribution in [0.4, 0.5) is 0 Å². The van der Waals surface area contributed by atoms with E-state index in [0.717, 1.165) is 10.9 Å². The molecule has 0 spiro atoms. The average Bonchev–Trinajstić information content (AvgIpc) is 2.34. The monoisotopic (exact) mass is 134 g/mol. The van der Waals surface area contributed by atoms with Gasteiger partial charge in [0.15, 0.2) is 0 Å². The third kappa shape index (κ3) is 0.603. The van der Waals surface area contributed by atoms with Gasteiger partial charge in [-0.3, -0.25) is 0 Å². The first-order valence-corrected chi connectivity index (χ1v) is 3.02. The summed E-state index contributed by atoms with van der Waals surface area (Å²) in [6.45, 7) is 1.97. The van der Waals surface area contributed by atoms with E-state index in [-0.39, 0.29) is 0 Å². The summed E-state index contributed by atoms with van der Waals surface area (Å²) in [7, 11) is 0. The van der Waals surface area contributed by atoms with E-state index in [2.05, 4.69) is 9.97 Å². The van der Waals surface area contributed by atoms with Gasteiger partial charge in [-0.15, -0.1) is 0 Å². The standard InChI is InChI=1S/C7H6N2O/c1-5-3-10-7-6(5)2-8-4-9-7/h2-4H,1H3. The highest BCUT2D eigenvalue weighted by Crippen LogP contribution is 2.15. The lowest BCUT2D eigenvalue weighted by atomic mass is 10.3. The van der Waals surface area contributed by atoms with Gasteiger partial charge >= 0.3 is 0 Å². The van der Waals surface area contributed by atoms with Gasteiger partial charge in [0.05, 0.1) is 11.6 Å². The van der Waals surface area contributed by atoms with Crippen LogP contribution in [0.5, 0.6) is 0 Å². The van der Waals surface area contributed by atoms with Crippen molar-refractivity contribution in [2.24, 2.45) is 0 Å². The minimum absolute atomic E-state index is 0.660. The maximum Gasteiger partial charge on any atom is 0.229 e. The second kappa shape index (κ2) is 1.80. The first kappa shape index (κ1) is 5.41. The van der Waals surface area contributed by atoms with Crippen molar-refractivity contribution in [1.82, 2.24) is 9.97 Å². The molecule has 0 amide bonds. The highest BCUT2D eigenvalue weighted by Gasteiger charge is 1.99. The van der Waals surface area contributed by atoms with Gasteiger partial charge in [0.1, 0.15) is 6.33 Å². The van der Waals surface area contributed by atoms with Gasteiger partial charge in [-0.2, -0.15) is 0 Å². The zero-order valence-electron chi connectivity index (χ0n) is 5.53. The summed E-state index contributed by atoms with van der Waals surface area (Å²) in [6.07, 6.45) is 4.91. The summed E-state index contributed by atoms with van der Waals surface area (Å²) in [4.78, 5) is 7.80. The van der Waals surface area contributed by atoms with E-state index >= 15 is 0 Å². The Labute approximate surface area is 57.7 Å². The first-order chi connectivity index (χ1) is 4.88. The zero-order valence-corrected chi connectivity index (χ0v) is 5.53. The first-order valence-electron chi connectivity index (χ1n) is 3.02. The second-order valence-corrected chi connectivity index (χ2v) is 2.16. The van der Waals surface area contributed by atoms with Crippen LogP contribution in [0.2, 0.25) is 0 Å². The topological polar surface area (TPSA) is 38.9 Å². The third-order valence-corrected chi connectivity index (χ3v) is 1.45. The van der Waals surface area contributed by atoms with Gasteiger partial charge in [-0.05, 0) is 12.5 Å². The smallest absolute Gasteiger partial charge is 0.229 e. The average molecular weight is 134 g/mol. The molecule has 0 atom stereocenters. The Morgan fingerprint density at radius 3 is 3.20 bits per heavy atom. The highest BCUT2D eigenvalue weighted by atomic mass is 16.3. The van der Waals surface area contributed by atoms with Crippen LogP contribution >= 0.6 is 0 Å². The molecule has 0 radical (unpaired) electrons. The van der Waals surface area contributed by atoms with Crippen molar-refractivity contribution in [2.45, 2.75) is 6.92 Å². The van der Waals surface area contributed by atoms with Gasteiger partial charge in [0.2, 0.25) is 5.71 Å². The van der Waals surface area contributed by atoms with Crippen LogP contribution in [0.15, 0.2) is 23.2 Å². The van der Waals surface area contributed by atoms with Crippen LogP contribution in [-0.4, -0.2) is 9.97 Å². The molecule has 3 heteroatoms. The summed E-state index contributed by atoms with van der Waals surface area (Å²) >= 11 is 0. The number of fused-ring (bicyclic) bond motifs is 1. The van der Waals surface area contributed by atoms with Crippen molar-refractivity contribution in [3.63, 3.8) is 0 Å². The van der Waals surface area contributed by atoms with Crippen molar-refractivity contribution >= 4 is 11.1 Å². The van der Waals surface area contributed by atoms with E-state index in [0.29, 0.717) is 5.71 Å². The molecule has 0 aliphatic rings. The Morgan fingerprint density at radius 2 is 2.40 bits per heavy atom. The number of hydrogen-bond donors (Lipinski definition) is 0. The largest absolute Gasteiger partial charge is 0.446 e. The molecule has 2 aromatic rings. The number of furan rings is 1. The summed E-state index contributed by atoms with van der Waals surface area (Å²) in [5.41, 5.74) is 1.74. The summed E-state index contributed by atoms with van der Waals surface area (Å²) < 4.78 is 5.10. The van der Waals surface area contributed by atoms with Crippen molar-refractivity contribution < 1.29 is 4.42 Å². The van der Waals surface area contributed by atoms with Crippen molar-refractivity contribution in [3.8, 4) is 0 Å². The predicted octanol–water partition coefficient (Wildman–Crippen LogP) is 1.53. The quantitative estimate of drug-likeness (QED) is 0.548. The lowest BCUT2D eigenvalue weighted by molar-refractivity contribution is 0.600. The Bertz CT molecular complexity index is 353. The summed E-state index contributed by atoms with van der Waals surface area (Å²) in [5, 5.41) is 0.988. The Hall–Kier alpha value is -1.38. The maximum absolute atomic E-state index is 5.10. The van der Waals surface area contributed by atoms with Crippen molar-refractivity contribution in [3.05, 3.63) is 24.4 Å². The number of aryl methyl sites for hydroxylation is 1. The number of hydrogen-bond acceptors (Lipinski definition) is 3. The Morgan fingerprint density at radius 1 is 1.50 bits per heavy atom. The molecule has 10 heavy (non-hydrogen) atoms. The Balaban J connectivity index is 2.93. The zero-order chi connectivity index (χ0) is 6.97. The van der Waals surface area contributed by atoms with E-state index in [1.54, 1.807) is 12.5 Å². The molecule has 50 valence electrons.